The zero-order valence-corrected chi connectivity index (χ0v) is 15.5. The van der Waals surface area contributed by atoms with E-state index in [9.17, 15) is 13.2 Å². The van der Waals surface area contributed by atoms with Crippen LogP contribution in [0, 0.1) is 6.92 Å². The fourth-order valence-corrected chi connectivity index (χ4v) is 3.43. The Balaban J connectivity index is 2.15. The van der Waals surface area contributed by atoms with Crippen molar-refractivity contribution in [3.8, 4) is 0 Å². The first-order valence-electron chi connectivity index (χ1n) is 7.95. The second-order valence-corrected chi connectivity index (χ2v) is 8.82. The lowest BCUT2D eigenvalue weighted by Crippen LogP contribution is -2.29. The number of ketones is 1. The maximum atomic E-state index is 12.8. The minimum atomic E-state index is -3.27. The third-order valence-corrected chi connectivity index (χ3v) is 5.37. The zero-order chi connectivity index (χ0) is 18.4. The normalized spacial score (nSPS) is 16.9. The quantitative estimate of drug-likeness (QED) is 0.842. The monoisotopic (exact) mass is 356 g/mol. The van der Waals surface area contributed by atoms with E-state index in [0.717, 1.165) is 17.4 Å². The maximum absolute atomic E-state index is 12.8. The Morgan fingerprint density at radius 1 is 0.880 bits per heavy atom. The van der Waals surface area contributed by atoms with Gasteiger partial charge in [-0.15, -0.1) is 0 Å². The van der Waals surface area contributed by atoms with E-state index in [1.807, 2.05) is 31.2 Å². The smallest absolute Gasteiger partial charge is 0.210 e. The molecule has 4 nitrogen and oxygen atoms in total. The molecule has 1 aliphatic heterocycles. The van der Waals surface area contributed by atoms with Crippen LogP contribution in [-0.4, -0.2) is 26.1 Å². The third kappa shape index (κ3) is 3.24. The highest BCUT2D eigenvalue weighted by atomic mass is 32.2. The highest BCUT2D eigenvalue weighted by molar-refractivity contribution is 7.90. The summed E-state index contributed by atoms with van der Waals surface area (Å²) in [5, 5.41) is 0. The van der Waals surface area contributed by atoms with E-state index in [-0.39, 0.29) is 10.7 Å². The predicted molar refractivity (Wildman–Crippen MR) is 97.7 cm³/mol. The minimum absolute atomic E-state index is 0.0847. The van der Waals surface area contributed by atoms with Gasteiger partial charge in [-0.05, 0) is 50.6 Å². The number of Topliss-reactive ketones (excluding diaryl/α,β-unsaturated/α-hetero) is 1. The average Bonchev–Trinajstić information content (AvgIpc) is 2.78. The van der Waals surface area contributed by atoms with Gasteiger partial charge in [0.1, 0.15) is 5.76 Å². The van der Waals surface area contributed by atoms with E-state index in [4.69, 9.17) is 4.74 Å². The van der Waals surface area contributed by atoms with E-state index in [0.29, 0.717) is 16.9 Å². The number of aryl methyl sites for hydroxylation is 1. The van der Waals surface area contributed by atoms with Crippen LogP contribution in [0.25, 0.3) is 11.3 Å². The second-order valence-electron chi connectivity index (χ2n) is 6.81. The van der Waals surface area contributed by atoms with Gasteiger partial charge in [0, 0.05) is 11.8 Å². The number of ether oxygens (including phenoxy) is 1. The molecule has 2 aromatic carbocycles. The molecular formula is C20H20O4S. The molecule has 0 radical (unpaired) electrons. The molecule has 0 aromatic heterocycles. The summed E-state index contributed by atoms with van der Waals surface area (Å²) in [5.74, 6) is 0.400. The van der Waals surface area contributed by atoms with Gasteiger partial charge >= 0.3 is 0 Å². The van der Waals surface area contributed by atoms with Gasteiger partial charge in [-0.2, -0.15) is 0 Å². The molecule has 2 aromatic rings. The summed E-state index contributed by atoms with van der Waals surface area (Å²) in [7, 11) is -3.27. The minimum Gasteiger partial charge on any atom is -0.478 e. The van der Waals surface area contributed by atoms with E-state index in [1.54, 1.807) is 26.0 Å². The standard InChI is InChI=1S/C20H20O4S/c1-13-5-7-14(8-6-13)17-18(24-20(2,3)19(17)21)15-9-11-16(12-10-15)25(4,22)23/h5-12H,1-4H3. The van der Waals surface area contributed by atoms with Crippen LogP contribution in [0.5, 0.6) is 0 Å². The summed E-state index contributed by atoms with van der Waals surface area (Å²) in [5.41, 5.74) is 2.15. The van der Waals surface area contributed by atoms with Gasteiger partial charge in [-0.3, -0.25) is 4.79 Å². The average molecular weight is 356 g/mol. The number of sulfone groups is 1. The van der Waals surface area contributed by atoms with Gasteiger partial charge < -0.3 is 4.74 Å². The van der Waals surface area contributed by atoms with Crippen LogP contribution in [0.1, 0.15) is 30.5 Å². The van der Waals surface area contributed by atoms with Crippen molar-refractivity contribution in [1.82, 2.24) is 0 Å². The molecule has 0 N–H and O–H groups in total. The number of carbonyl (C=O) groups excluding carboxylic acids is 1. The summed E-state index contributed by atoms with van der Waals surface area (Å²) < 4.78 is 29.2. The lowest BCUT2D eigenvalue weighted by molar-refractivity contribution is -0.125. The lowest BCUT2D eigenvalue weighted by Gasteiger charge is -2.17. The molecule has 1 aliphatic rings. The molecule has 5 heteroatoms. The van der Waals surface area contributed by atoms with Crippen LogP contribution in [0.2, 0.25) is 0 Å². The van der Waals surface area contributed by atoms with E-state index >= 15 is 0 Å². The van der Waals surface area contributed by atoms with Crippen molar-refractivity contribution in [3.05, 3.63) is 65.2 Å². The van der Waals surface area contributed by atoms with Gasteiger partial charge in [-0.1, -0.05) is 29.8 Å². The Bertz CT molecular complexity index is 963. The molecular weight excluding hydrogens is 336 g/mol. The molecule has 25 heavy (non-hydrogen) atoms. The van der Waals surface area contributed by atoms with Crippen LogP contribution in [0.15, 0.2) is 53.4 Å². The highest BCUT2D eigenvalue weighted by Gasteiger charge is 2.42. The van der Waals surface area contributed by atoms with Crippen molar-refractivity contribution < 1.29 is 17.9 Å². The summed E-state index contributed by atoms with van der Waals surface area (Å²) in [6.45, 7) is 5.46. The first kappa shape index (κ1) is 17.4. The van der Waals surface area contributed by atoms with Crippen molar-refractivity contribution in [2.75, 3.05) is 6.26 Å². The summed E-state index contributed by atoms with van der Waals surface area (Å²) in [6.07, 6.45) is 1.16. The van der Waals surface area contributed by atoms with Crippen molar-refractivity contribution >= 4 is 27.0 Å². The zero-order valence-electron chi connectivity index (χ0n) is 14.7. The Labute approximate surface area is 148 Å². The molecule has 0 fully saturated rings. The number of rotatable bonds is 3. The maximum Gasteiger partial charge on any atom is 0.210 e. The molecule has 0 saturated carbocycles. The fraction of sp³-hybridized carbons (Fsp3) is 0.250. The molecule has 0 saturated heterocycles. The Hall–Kier alpha value is -2.40. The van der Waals surface area contributed by atoms with Crippen molar-refractivity contribution in [3.63, 3.8) is 0 Å². The number of hydrogen-bond acceptors (Lipinski definition) is 4. The molecule has 1 heterocycles. The molecule has 0 bridgehead atoms. The number of hydrogen-bond donors (Lipinski definition) is 0. The summed E-state index contributed by atoms with van der Waals surface area (Å²) in [6, 6.07) is 14.1. The Kier molecular flexibility index (Phi) is 4.07. The molecule has 0 unspecified atom stereocenters. The van der Waals surface area contributed by atoms with Crippen LogP contribution < -0.4 is 0 Å². The van der Waals surface area contributed by atoms with Crippen LogP contribution in [-0.2, 0) is 19.4 Å². The summed E-state index contributed by atoms with van der Waals surface area (Å²) >= 11 is 0. The Morgan fingerprint density at radius 2 is 1.40 bits per heavy atom. The van der Waals surface area contributed by atoms with Gasteiger partial charge in [0.15, 0.2) is 15.4 Å². The first-order valence-corrected chi connectivity index (χ1v) is 9.84. The lowest BCUT2D eigenvalue weighted by atomic mass is 9.92. The molecule has 0 aliphatic carbocycles. The van der Waals surface area contributed by atoms with Crippen LogP contribution >= 0.6 is 0 Å². The number of benzene rings is 2. The SMILES string of the molecule is Cc1ccc(C2=C(c3ccc(S(C)(=O)=O)cc3)OC(C)(C)C2=O)cc1. The molecule has 130 valence electrons. The van der Waals surface area contributed by atoms with Crippen LogP contribution in [0.4, 0.5) is 0 Å². The van der Waals surface area contributed by atoms with Crippen molar-refractivity contribution in [2.24, 2.45) is 0 Å². The summed E-state index contributed by atoms with van der Waals surface area (Å²) in [4.78, 5) is 13.1. The topological polar surface area (TPSA) is 60.4 Å². The number of carbonyl (C=O) groups is 1. The highest BCUT2D eigenvalue weighted by Crippen LogP contribution is 2.41. The van der Waals surface area contributed by atoms with Gasteiger partial charge in [0.2, 0.25) is 5.78 Å². The molecule has 3 rings (SSSR count). The fourth-order valence-electron chi connectivity index (χ4n) is 2.80. The van der Waals surface area contributed by atoms with Crippen molar-refractivity contribution in [2.45, 2.75) is 31.3 Å². The van der Waals surface area contributed by atoms with Gasteiger partial charge in [-0.25, -0.2) is 8.42 Å². The van der Waals surface area contributed by atoms with Gasteiger partial charge in [0.25, 0.3) is 0 Å². The van der Waals surface area contributed by atoms with Crippen LogP contribution in [0.3, 0.4) is 0 Å². The largest absolute Gasteiger partial charge is 0.478 e. The predicted octanol–water partition coefficient (Wildman–Crippen LogP) is 3.64. The van der Waals surface area contributed by atoms with E-state index < -0.39 is 15.4 Å². The van der Waals surface area contributed by atoms with E-state index in [2.05, 4.69) is 0 Å². The Morgan fingerprint density at radius 3 is 1.92 bits per heavy atom. The molecule has 0 atom stereocenters. The molecule has 0 spiro atoms. The van der Waals surface area contributed by atoms with E-state index in [1.165, 1.54) is 12.1 Å². The molecule has 0 amide bonds. The third-order valence-electron chi connectivity index (χ3n) is 4.24. The first-order chi connectivity index (χ1) is 11.6. The van der Waals surface area contributed by atoms with Crippen molar-refractivity contribution in [1.29, 1.82) is 0 Å². The second kappa shape index (κ2) is 5.85. The van der Waals surface area contributed by atoms with Gasteiger partial charge in [0.05, 0.1) is 10.5 Å².